The van der Waals surface area contributed by atoms with Gasteiger partial charge in [-0.1, -0.05) is 37.1 Å². The van der Waals surface area contributed by atoms with Crippen LogP contribution in [0, 0.1) is 0 Å². The van der Waals surface area contributed by atoms with Crippen molar-refractivity contribution in [1.82, 2.24) is 29.9 Å². The zero-order valence-electron chi connectivity index (χ0n) is 51.3. The first-order valence-electron chi connectivity index (χ1n) is 29.8. The molecular formula is C63H84N8O15S. The summed E-state index contributed by atoms with van der Waals surface area (Å²) in [6.07, 6.45) is 10.5. The van der Waals surface area contributed by atoms with Crippen LogP contribution in [-0.4, -0.2) is 222 Å². The van der Waals surface area contributed by atoms with Crippen LogP contribution >= 0.6 is 11.8 Å². The number of fused-ring (bicyclic) bond motifs is 4. The Bertz CT molecular complexity index is 2860. The summed E-state index contributed by atoms with van der Waals surface area (Å²) in [5.41, 5.74) is 5.32. The Balaban J connectivity index is 0.793. The Kier molecular flexibility index (Phi) is 24.8. The van der Waals surface area contributed by atoms with Gasteiger partial charge in [-0.05, 0) is 45.2 Å². The number of nitrogens with one attached hydrogen (secondary N) is 1. The van der Waals surface area contributed by atoms with E-state index in [0.717, 1.165) is 12.8 Å². The largest absolute Gasteiger partial charge is 0.493 e. The normalized spacial score (nSPS) is 18.3. The van der Waals surface area contributed by atoms with Gasteiger partial charge < -0.3 is 67.4 Å². The minimum absolute atomic E-state index is 0.0123. The van der Waals surface area contributed by atoms with Crippen LogP contribution in [-0.2, 0) is 51.3 Å². The molecule has 5 aliphatic rings. The maximum Gasteiger partial charge on any atom is 0.307 e. The summed E-state index contributed by atoms with van der Waals surface area (Å²) in [4.78, 5) is 87.0. The molecule has 2 atom stereocenters. The molecule has 0 aliphatic carbocycles. The number of pyridine rings is 1. The number of carbonyl (C=O) groups is 5. The highest BCUT2D eigenvalue weighted by atomic mass is 32.2. The lowest BCUT2D eigenvalue weighted by molar-refractivity contribution is -0.142. The van der Waals surface area contributed by atoms with Crippen molar-refractivity contribution >= 4 is 65.2 Å². The van der Waals surface area contributed by atoms with Crippen molar-refractivity contribution in [3.63, 3.8) is 0 Å². The van der Waals surface area contributed by atoms with Crippen molar-refractivity contribution in [1.29, 1.82) is 0 Å². The van der Waals surface area contributed by atoms with E-state index in [1.165, 1.54) is 44.2 Å². The predicted octanol–water partition coefficient (Wildman–Crippen LogP) is 6.57. The number of hydrogen-bond donors (Lipinski definition) is 1. The number of hydrogen-bond acceptors (Lipinski definition) is 20. The third-order valence-electron chi connectivity index (χ3n) is 15.6. The zero-order valence-corrected chi connectivity index (χ0v) is 52.1. The summed E-state index contributed by atoms with van der Waals surface area (Å²) < 4.78 is 56.9. The van der Waals surface area contributed by atoms with Crippen molar-refractivity contribution in [2.45, 2.75) is 89.8 Å². The molecule has 3 fully saturated rings. The standard InChI is InChI=1S/C63H84N8O15S/c1-8-43-28-47-36-65-52-34-56(54(77-5)32-50(52)61(75)70(47)38-43)85-40-45-30-49(31-46(67-45)41-86-57-35-53-51(33-55(57)78-6)62(76)71-39-44(9-2)29-48(71)37-66-53)84-21-18-68-14-16-69(17-15-68)59(73)10-12-63(3,4)87-42-58(72)64-13-20-81-23-25-83-27-26-82-24-22-80-19-11-60(74)79-7/h8-9,30-37,47-48H,10-29,38-42H2,1-7H3,(H,64,72). The van der Waals surface area contributed by atoms with E-state index in [-0.39, 0.29) is 71.8 Å². The molecule has 0 spiro atoms. The van der Waals surface area contributed by atoms with Crippen molar-refractivity contribution in [2.75, 3.05) is 139 Å². The number of methoxy groups -OCH3 is 3. The van der Waals surface area contributed by atoms with Crippen LogP contribution in [0.3, 0.4) is 0 Å². The highest BCUT2D eigenvalue weighted by molar-refractivity contribution is 8.01. The zero-order chi connectivity index (χ0) is 61.7. The number of carbonyl (C=O) groups excluding carboxylic acids is 5. The van der Waals surface area contributed by atoms with E-state index in [1.54, 1.807) is 24.3 Å². The van der Waals surface area contributed by atoms with Crippen molar-refractivity contribution in [3.8, 4) is 28.7 Å². The number of esters is 1. The van der Waals surface area contributed by atoms with Crippen LogP contribution in [0.15, 0.2) is 69.7 Å². The fourth-order valence-electron chi connectivity index (χ4n) is 10.4. The molecule has 2 aromatic carbocycles. The predicted molar refractivity (Wildman–Crippen MR) is 329 cm³/mol. The highest BCUT2D eigenvalue weighted by Gasteiger charge is 2.36. The summed E-state index contributed by atoms with van der Waals surface area (Å²) in [5, 5.41) is 2.90. The summed E-state index contributed by atoms with van der Waals surface area (Å²) in [5.74, 6) is 1.83. The van der Waals surface area contributed by atoms with Crippen LogP contribution in [0.1, 0.15) is 91.9 Å². The van der Waals surface area contributed by atoms with Gasteiger partial charge in [0.15, 0.2) is 23.0 Å². The van der Waals surface area contributed by atoms with Gasteiger partial charge in [0, 0.05) is 100 Å². The molecule has 0 saturated carbocycles. The maximum atomic E-state index is 13.8. The monoisotopic (exact) mass is 1220 g/mol. The number of allylic oxidation sites excluding steroid dienone is 2. The van der Waals surface area contributed by atoms with Gasteiger partial charge in [0.05, 0.1) is 132 Å². The summed E-state index contributed by atoms with van der Waals surface area (Å²) >= 11 is 1.53. The molecule has 87 heavy (non-hydrogen) atoms. The first-order chi connectivity index (χ1) is 42.2. The third-order valence-corrected chi connectivity index (χ3v) is 17.0. The van der Waals surface area contributed by atoms with E-state index >= 15 is 0 Å². The Morgan fingerprint density at radius 2 is 1.16 bits per heavy atom. The number of thioether (sulfide) groups is 1. The van der Waals surface area contributed by atoms with Gasteiger partial charge in [0.1, 0.15) is 25.6 Å². The second-order valence-electron chi connectivity index (χ2n) is 22.0. The SMILES string of the molecule is CC=C1CC2C=Nc3cc(OCc4cc(OCCN5CCN(C(=O)CCC(C)(C)SCC(=O)NCCOCCOCCOCCOCCC(=O)OC)CC5)cc(COc5cc6c(cc5OC)C(=O)N5CC(=CC)CC5C=N6)n4)c(OC)cc3C(=O)N2C1. The Hall–Kier alpha value is -7.09. The molecule has 24 heteroatoms. The summed E-state index contributed by atoms with van der Waals surface area (Å²) in [6.45, 7) is 16.2. The van der Waals surface area contributed by atoms with Gasteiger partial charge in [0.2, 0.25) is 11.8 Å². The van der Waals surface area contributed by atoms with Crippen LogP contribution < -0.4 is 29.0 Å². The third kappa shape index (κ3) is 19.0. The van der Waals surface area contributed by atoms with Gasteiger partial charge in [-0.25, -0.2) is 0 Å². The molecule has 3 saturated heterocycles. The van der Waals surface area contributed by atoms with Gasteiger partial charge in [-0.2, -0.15) is 0 Å². The highest BCUT2D eigenvalue weighted by Crippen LogP contribution is 2.41. The first-order valence-corrected chi connectivity index (χ1v) is 30.8. The fourth-order valence-corrected chi connectivity index (χ4v) is 11.3. The molecule has 2 unspecified atom stereocenters. The molecule has 23 nitrogen and oxygen atoms in total. The number of benzene rings is 2. The van der Waals surface area contributed by atoms with Crippen LogP contribution in [0.5, 0.6) is 28.7 Å². The molecule has 3 aromatic rings. The van der Waals surface area contributed by atoms with E-state index in [4.69, 9.17) is 57.6 Å². The van der Waals surface area contributed by atoms with E-state index in [1.807, 2.05) is 53.1 Å². The number of piperazine rings is 1. The quantitative estimate of drug-likeness (QED) is 0.0385. The molecule has 0 radical (unpaired) electrons. The number of amides is 4. The van der Waals surface area contributed by atoms with Crippen LogP contribution in [0.25, 0.3) is 0 Å². The number of ether oxygens (including phenoxy) is 10. The lowest BCUT2D eigenvalue weighted by atomic mass is 10.1. The van der Waals surface area contributed by atoms with Crippen molar-refractivity contribution in [3.05, 3.63) is 82.2 Å². The smallest absolute Gasteiger partial charge is 0.307 e. The van der Waals surface area contributed by atoms with Gasteiger partial charge in [-0.15, -0.1) is 11.8 Å². The number of aromatic nitrogens is 1. The average molecular weight is 1230 g/mol. The molecule has 5 aliphatic heterocycles. The number of rotatable bonds is 33. The van der Waals surface area contributed by atoms with Crippen molar-refractivity contribution in [2.24, 2.45) is 9.98 Å². The lowest BCUT2D eigenvalue weighted by Gasteiger charge is -2.35. The molecule has 0 bridgehead atoms. The van der Waals surface area contributed by atoms with Gasteiger partial charge in [-0.3, -0.25) is 43.8 Å². The van der Waals surface area contributed by atoms with Crippen molar-refractivity contribution < 1.29 is 71.3 Å². The molecule has 1 N–H and O–H groups in total. The fraction of sp³-hybridized carbons (Fsp3) is 0.556. The maximum absolute atomic E-state index is 13.8. The minimum Gasteiger partial charge on any atom is -0.493 e. The van der Waals surface area contributed by atoms with E-state index in [0.29, 0.717) is 187 Å². The molecular weight excluding hydrogens is 1140 g/mol. The molecule has 472 valence electrons. The molecule has 4 amide bonds. The van der Waals surface area contributed by atoms with Gasteiger partial charge in [0.25, 0.3) is 11.8 Å². The van der Waals surface area contributed by atoms with Gasteiger partial charge >= 0.3 is 5.97 Å². The molecule has 6 heterocycles. The van der Waals surface area contributed by atoms with E-state index in [2.05, 4.69) is 41.0 Å². The first kappa shape index (κ1) is 65.9. The summed E-state index contributed by atoms with van der Waals surface area (Å²) in [6, 6.07) is 10.2. The van der Waals surface area contributed by atoms with Crippen LogP contribution in [0.4, 0.5) is 11.4 Å². The summed E-state index contributed by atoms with van der Waals surface area (Å²) in [7, 11) is 4.41. The molecule has 8 rings (SSSR count). The second-order valence-corrected chi connectivity index (χ2v) is 23.7. The average Bonchev–Trinajstić information content (AvgIpc) is 1.99. The topological polar surface area (TPSA) is 240 Å². The number of nitrogens with zero attached hydrogens (tertiary/aromatic N) is 7. The Morgan fingerprint density at radius 1 is 0.644 bits per heavy atom. The number of aliphatic imine (C=N–C) groups is 2. The van der Waals surface area contributed by atoms with E-state index in [9.17, 15) is 24.0 Å². The minimum atomic E-state index is -0.311. The Labute approximate surface area is 514 Å². The molecule has 1 aromatic heterocycles. The van der Waals surface area contributed by atoms with E-state index < -0.39 is 0 Å². The van der Waals surface area contributed by atoms with Crippen LogP contribution in [0.2, 0.25) is 0 Å². The second kappa shape index (κ2) is 32.8. The lowest BCUT2D eigenvalue weighted by Crippen LogP contribution is -2.49. The Morgan fingerprint density at radius 3 is 1.67 bits per heavy atom.